The summed E-state index contributed by atoms with van der Waals surface area (Å²) in [4.78, 5) is 52.3. The molecule has 4 heterocycles. The van der Waals surface area contributed by atoms with Gasteiger partial charge in [-0.15, -0.1) is 0 Å². The van der Waals surface area contributed by atoms with Gasteiger partial charge in [0.25, 0.3) is 12.4 Å². The van der Waals surface area contributed by atoms with E-state index in [0.717, 1.165) is 29.6 Å². The van der Waals surface area contributed by atoms with E-state index in [1.165, 1.54) is 24.3 Å². The van der Waals surface area contributed by atoms with Crippen LogP contribution in [0, 0.1) is 11.6 Å². The largest absolute Gasteiger partial charge is 0.483 e. The minimum absolute atomic E-state index is 0.0496. The number of nitrogens with zero attached hydrogens (tertiary/aromatic N) is 4. The predicted octanol–water partition coefficient (Wildman–Crippen LogP) is 4.01. The van der Waals surface area contributed by atoms with Crippen molar-refractivity contribution in [2.75, 3.05) is 25.5 Å². The molecule has 7 rings (SSSR count). The van der Waals surface area contributed by atoms with Gasteiger partial charge in [0, 0.05) is 49.3 Å². The molecule has 1 aromatic heterocycles. The highest BCUT2D eigenvalue weighted by Gasteiger charge is 2.41. The maximum absolute atomic E-state index is 13.9. The Hall–Kier alpha value is -5.37. The lowest BCUT2D eigenvalue weighted by molar-refractivity contribution is -0.122. The number of rotatable bonds is 6. The fourth-order valence-electron chi connectivity index (χ4n) is 5.75. The molecule has 46 heavy (non-hydrogen) atoms. The Kier molecular flexibility index (Phi) is 9.86. The van der Waals surface area contributed by atoms with E-state index >= 15 is 0 Å². The normalized spacial score (nSPS) is 17.2. The molecule has 0 radical (unpaired) electrons. The van der Waals surface area contributed by atoms with Gasteiger partial charge in [-0.3, -0.25) is 14.5 Å². The number of halogens is 2. The van der Waals surface area contributed by atoms with Crippen molar-refractivity contribution in [1.82, 2.24) is 30.2 Å². The Morgan fingerprint density at radius 3 is 2.04 bits per heavy atom. The molecule has 14 heteroatoms. The van der Waals surface area contributed by atoms with Gasteiger partial charge >= 0.3 is 12.1 Å². The van der Waals surface area contributed by atoms with Crippen molar-refractivity contribution in [2.45, 2.75) is 38.0 Å². The van der Waals surface area contributed by atoms with Gasteiger partial charge in [0.2, 0.25) is 0 Å². The number of urea groups is 1. The summed E-state index contributed by atoms with van der Waals surface area (Å²) in [6.07, 6.45) is 1.92. The van der Waals surface area contributed by atoms with Gasteiger partial charge in [0.05, 0.1) is 5.52 Å². The number of nitrogens with one attached hydrogen (secondary N) is 3. The number of likely N-dealkylation sites (N-methyl/N-ethyl adjacent to an activating group) is 1. The van der Waals surface area contributed by atoms with Gasteiger partial charge < -0.3 is 26.0 Å². The maximum Gasteiger partial charge on any atom is 0.342 e. The summed E-state index contributed by atoms with van der Waals surface area (Å²) < 4.78 is 27.6. The molecule has 3 aliphatic rings. The van der Waals surface area contributed by atoms with Crippen molar-refractivity contribution in [3.05, 3.63) is 95.2 Å². The zero-order valence-corrected chi connectivity index (χ0v) is 25.0. The minimum atomic E-state index is -0.550. The molecule has 4 amide bonds. The lowest BCUT2D eigenvalue weighted by Gasteiger charge is -2.50. The summed E-state index contributed by atoms with van der Waals surface area (Å²) in [5.74, 6) is -1.00. The summed E-state index contributed by atoms with van der Waals surface area (Å²) in [7, 11) is 2.06. The van der Waals surface area contributed by atoms with Gasteiger partial charge in [-0.25, -0.2) is 18.4 Å². The second-order valence-electron chi connectivity index (χ2n) is 11.1. The van der Waals surface area contributed by atoms with Crippen LogP contribution in [0.25, 0.3) is 10.9 Å². The molecule has 3 fully saturated rings. The van der Waals surface area contributed by atoms with Gasteiger partial charge in [-0.1, -0.05) is 24.3 Å². The van der Waals surface area contributed by atoms with Crippen molar-refractivity contribution >= 4 is 41.0 Å². The molecule has 0 saturated carbocycles. The molecule has 2 bridgehead atoms. The fraction of sp³-hybridized carbons (Fsp3) is 0.281. The van der Waals surface area contributed by atoms with Gasteiger partial charge in [-0.2, -0.15) is 9.78 Å². The number of piperidine rings is 2. The molecule has 3 saturated heterocycles. The van der Waals surface area contributed by atoms with Crippen LogP contribution in [0.3, 0.4) is 0 Å². The van der Waals surface area contributed by atoms with Crippen LogP contribution in [0.5, 0.6) is 0 Å². The average Bonchev–Trinajstić information content (AvgIpc) is 3.43. The van der Waals surface area contributed by atoms with Crippen LogP contribution in [0.15, 0.2) is 66.7 Å². The van der Waals surface area contributed by atoms with Gasteiger partial charge in [0.15, 0.2) is 5.69 Å². The molecule has 2 atom stereocenters. The molecule has 3 aliphatic heterocycles. The number of carbonyl (C=O) groups excluding carboxylic acids is 3. The zero-order chi connectivity index (χ0) is 32.8. The smallest absolute Gasteiger partial charge is 0.342 e. The van der Waals surface area contributed by atoms with Crippen LogP contribution in [-0.2, 0) is 17.9 Å². The highest BCUT2D eigenvalue weighted by Crippen LogP contribution is 2.31. The third kappa shape index (κ3) is 7.29. The molecule has 0 spiro atoms. The second-order valence-corrected chi connectivity index (χ2v) is 11.1. The van der Waals surface area contributed by atoms with Gasteiger partial charge in [0.1, 0.15) is 11.6 Å². The predicted molar refractivity (Wildman–Crippen MR) is 165 cm³/mol. The zero-order valence-electron chi connectivity index (χ0n) is 25.0. The first kappa shape index (κ1) is 32.0. The maximum atomic E-state index is 13.9. The topological polar surface area (TPSA) is 149 Å². The standard InChI is InChI=1S/C31H31F2N7O3.CH2O2/c1-38-17-25-12-11-24(38)18-39(25)29(41)28-26-14-23(36-30(42)34-15-19-2-6-21(32)7-3-19)10-13-27(26)40(37-28)31(43)35-16-20-4-8-22(33)9-5-20;2-1-3/h2-10,13-14,24-25H,11-12,15-18H2,1H3,(H,35,43)(H2,34,36,42);1H,(H,2,3). The number of carboxylic acid groups (broad SMARTS) is 1. The van der Waals surface area contributed by atoms with E-state index in [-0.39, 0.29) is 54.9 Å². The number of hydrogen-bond acceptors (Lipinski definition) is 6. The number of anilines is 1. The highest BCUT2D eigenvalue weighted by atomic mass is 19.1. The number of amides is 4. The number of piperazine rings is 1. The minimum Gasteiger partial charge on any atom is -0.483 e. The molecule has 240 valence electrons. The van der Waals surface area contributed by atoms with Crippen LogP contribution in [0.4, 0.5) is 24.1 Å². The SMILES string of the molecule is CN1CC2CCC1CN2C(=O)c1nn(C(=O)NCc2ccc(F)cc2)c2ccc(NC(=O)NCc3ccc(F)cc3)cc12.O=CO. The highest BCUT2D eigenvalue weighted by molar-refractivity contribution is 6.08. The molecule has 2 unspecified atom stereocenters. The average molecular weight is 634 g/mol. The lowest BCUT2D eigenvalue weighted by Crippen LogP contribution is -2.62. The lowest BCUT2D eigenvalue weighted by atomic mass is 9.91. The van der Waals surface area contributed by atoms with E-state index in [0.29, 0.717) is 28.7 Å². The van der Waals surface area contributed by atoms with E-state index in [1.54, 1.807) is 42.5 Å². The third-order valence-electron chi connectivity index (χ3n) is 8.12. The van der Waals surface area contributed by atoms with Crippen molar-refractivity contribution < 1.29 is 33.1 Å². The summed E-state index contributed by atoms with van der Waals surface area (Å²) >= 11 is 0. The molecule has 3 aromatic carbocycles. The van der Waals surface area contributed by atoms with E-state index in [9.17, 15) is 23.2 Å². The molecule has 4 aromatic rings. The number of hydrogen-bond donors (Lipinski definition) is 4. The van der Waals surface area contributed by atoms with E-state index < -0.39 is 12.1 Å². The molecule has 0 aliphatic carbocycles. The molecule has 4 N–H and O–H groups in total. The number of carbonyl (C=O) groups is 4. The first-order valence-electron chi connectivity index (χ1n) is 14.6. The first-order chi connectivity index (χ1) is 22.2. The second kappa shape index (κ2) is 14.2. The fourth-order valence-corrected chi connectivity index (χ4v) is 5.75. The van der Waals surface area contributed by atoms with E-state index in [4.69, 9.17) is 9.90 Å². The number of fused-ring (bicyclic) bond motifs is 4. The Bertz CT molecular complexity index is 1730. The first-order valence-corrected chi connectivity index (χ1v) is 14.6. The summed E-state index contributed by atoms with van der Waals surface area (Å²) in [6, 6.07) is 15.7. The van der Waals surface area contributed by atoms with Crippen molar-refractivity contribution in [3.63, 3.8) is 0 Å². The number of benzene rings is 3. The molecular formula is C32H33F2N7O5. The van der Waals surface area contributed by atoms with Crippen LogP contribution >= 0.6 is 0 Å². The van der Waals surface area contributed by atoms with Crippen LogP contribution in [-0.4, -0.2) is 81.3 Å². The molecule has 12 nitrogen and oxygen atoms in total. The van der Waals surface area contributed by atoms with Gasteiger partial charge in [-0.05, 0) is 73.5 Å². The third-order valence-corrected chi connectivity index (χ3v) is 8.12. The van der Waals surface area contributed by atoms with Crippen molar-refractivity contribution in [1.29, 1.82) is 0 Å². The Morgan fingerprint density at radius 1 is 0.891 bits per heavy atom. The Balaban J connectivity index is 0.00000134. The van der Waals surface area contributed by atoms with Crippen LogP contribution < -0.4 is 16.0 Å². The summed E-state index contributed by atoms with van der Waals surface area (Å²) in [5, 5.41) is 20.1. The summed E-state index contributed by atoms with van der Waals surface area (Å²) in [5.41, 5.74) is 2.36. The van der Waals surface area contributed by atoms with E-state index in [1.807, 2.05) is 4.90 Å². The number of aromatic nitrogens is 2. The van der Waals surface area contributed by atoms with Crippen LogP contribution in [0.1, 0.15) is 34.5 Å². The van der Waals surface area contributed by atoms with Crippen molar-refractivity contribution in [3.8, 4) is 0 Å². The monoisotopic (exact) mass is 633 g/mol. The molecular weight excluding hydrogens is 600 g/mol. The van der Waals surface area contributed by atoms with Crippen molar-refractivity contribution in [2.24, 2.45) is 0 Å². The Morgan fingerprint density at radius 2 is 1.48 bits per heavy atom. The quantitative estimate of drug-likeness (QED) is 0.235. The summed E-state index contributed by atoms with van der Waals surface area (Å²) in [6.45, 7) is 1.43. The Labute approximate surface area is 263 Å². The van der Waals surface area contributed by atoms with E-state index in [2.05, 4.69) is 33.0 Å². The van der Waals surface area contributed by atoms with Crippen LogP contribution in [0.2, 0.25) is 0 Å².